The van der Waals surface area contributed by atoms with Gasteiger partial charge in [0, 0.05) is 24.3 Å². The number of hydrogen-bond donors (Lipinski definition) is 1. The second-order valence-electron chi connectivity index (χ2n) is 6.57. The summed E-state index contributed by atoms with van der Waals surface area (Å²) in [5.74, 6) is -0.192. The molecule has 1 N–H and O–H groups in total. The Hall–Kier alpha value is -2.66. The largest absolute Gasteiger partial charge is 0.481 e. The zero-order valence-electron chi connectivity index (χ0n) is 13.8. The van der Waals surface area contributed by atoms with Crippen molar-refractivity contribution in [2.75, 3.05) is 13.1 Å². The van der Waals surface area contributed by atoms with Crippen LogP contribution in [0.25, 0.3) is 10.8 Å². The number of carbonyl (C=O) groups is 1. The molecular formula is C20H20N2O3. The number of nitrogens with zero attached hydrogens (tertiary/aromatic N) is 2. The van der Waals surface area contributed by atoms with Crippen molar-refractivity contribution in [3.8, 4) is 0 Å². The molecule has 2 aromatic heterocycles. The Morgan fingerprint density at radius 1 is 1.28 bits per heavy atom. The molecule has 1 aromatic carbocycles. The van der Waals surface area contributed by atoms with Gasteiger partial charge in [-0.1, -0.05) is 12.1 Å². The molecule has 0 radical (unpaired) electrons. The molecule has 1 fully saturated rings. The normalized spacial score (nSPS) is 19.8. The monoisotopic (exact) mass is 336 g/mol. The highest BCUT2D eigenvalue weighted by molar-refractivity contribution is 5.82. The van der Waals surface area contributed by atoms with E-state index in [9.17, 15) is 9.90 Å². The molecule has 1 aliphatic rings. The van der Waals surface area contributed by atoms with Crippen LogP contribution >= 0.6 is 0 Å². The van der Waals surface area contributed by atoms with E-state index >= 15 is 0 Å². The zero-order chi connectivity index (χ0) is 17.2. The SMILES string of the molecule is O=C(O)C1CCCN(C(c2ccc3cnccc3c2)c2ccco2)C1. The van der Waals surface area contributed by atoms with Crippen LogP contribution in [0, 0.1) is 5.92 Å². The van der Waals surface area contributed by atoms with Crippen LogP contribution in [0.4, 0.5) is 0 Å². The van der Waals surface area contributed by atoms with Gasteiger partial charge in [-0.3, -0.25) is 14.7 Å². The Labute approximate surface area is 145 Å². The van der Waals surface area contributed by atoms with Crippen LogP contribution in [0.2, 0.25) is 0 Å². The van der Waals surface area contributed by atoms with Crippen molar-refractivity contribution >= 4 is 16.7 Å². The lowest BCUT2D eigenvalue weighted by atomic mass is 9.93. The Balaban J connectivity index is 1.74. The molecule has 1 aliphatic heterocycles. The van der Waals surface area contributed by atoms with Crippen LogP contribution in [0.5, 0.6) is 0 Å². The van der Waals surface area contributed by atoms with Gasteiger partial charge >= 0.3 is 5.97 Å². The Bertz CT molecular complexity index is 876. The fourth-order valence-corrected chi connectivity index (χ4v) is 3.72. The average Bonchev–Trinajstić information content (AvgIpc) is 3.16. The Morgan fingerprint density at radius 2 is 2.20 bits per heavy atom. The van der Waals surface area contributed by atoms with Crippen molar-refractivity contribution in [2.45, 2.75) is 18.9 Å². The van der Waals surface area contributed by atoms with Gasteiger partial charge in [0.2, 0.25) is 0 Å². The molecule has 3 heterocycles. The highest BCUT2D eigenvalue weighted by Gasteiger charge is 2.32. The van der Waals surface area contributed by atoms with Gasteiger partial charge in [0.05, 0.1) is 18.2 Å². The maximum Gasteiger partial charge on any atom is 0.307 e. The third kappa shape index (κ3) is 3.15. The van der Waals surface area contributed by atoms with E-state index in [4.69, 9.17) is 4.42 Å². The molecular weight excluding hydrogens is 316 g/mol. The molecule has 0 bridgehead atoms. The minimum absolute atomic E-state index is 0.0743. The maximum absolute atomic E-state index is 11.5. The van der Waals surface area contributed by atoms with Crippen LogP contribution in [-0.2, 0) is 4.79 Å². The molecule has 5 nitrogen and oxygen atoms in total. The van der Waals surface area contributed by atoms with E-state index in [2.05, 4.69) is 28.1 Å². The van der Waals surface area contributed by atoms with E-state index in [1.807, 2.05) is 24.4 Å². The smallest absolute Gasteiger partial charge is 0.307 e. The second-order valence-corrected chi connectivity index (χ2v) is 6.57. The van der Waals surface area contributed by atoms with E-state index in [-0.39, 0.29) is 12.0 Å². The molecule has 3 aromatic rings. The third-order valence-electron chi connectivity index (χ3n) is 4.96. The predicted octanol–water partition coefficient (Wildman–Crippen LogP) is 3.71. The fraction of sp³-hybridized carbons (Fsp3) is 0.300. The lowest BCUT2D eigenvalue weighted by Crippen LogP contribution is -2.41. The van der Waals surface area contributed by atoms with Gasteiger partial charge in [-0.15, -0.1) is 0 Å². The van der Waals surface area contributed by atoms with Crippen molar-refractivity contribution in [3.05, 3.63) is 66.4 Å². The first kappa shape index (κ1) is 15.8. The van der Waals surface area contributed by atoms with Gasteiger partial charge < -0.3 is 9.52 Å². The number of pyridine rings is 1. The van der Waals surface area contributed by atoms with Gasteiger partial charge in [-0.05, 0) is 54.6 Å². The minimum Gasteiger partial charge on any atom is -0.481 e. The molecule has 2 unspecified atom stereocenters. The van der Waals surface area contributed by atoms with Gasteiger partial charge in [0.1, 0.15) is 5.76 Å². The van der Waals surface area contributed by atoms with Crippen molar-refractivity contribution < 1.29 is 14.3 Å². The zero-order valence-corrected chi connectivity index (χ0v) is 13.8. The van der Waals surface area contributed by atoms with E-state index < -0.39 is 5.97 Å². The van der Waals surface area contributed by atoms with Gasteiger partial charge in [-0.2, -0.15) is 0 Å². The first-order valence-electron chi connectivity index (χ1n) is 8.56. The van der Waals surface area contributed by atoms with Gasteiger partial charge in [0.15, 0.2) is 0 Å². The van der Waals surface area contributed by atoms with Crippen molar-refractivity contribution in [2.24, 2.45) is 5.92 Å². The summed E-state index contributed by atoms with van der Waals surface area (Å²) in [6.45, 7) is 1.40. The summed E-state index contributed by atoms with van der Waals surface area (Å²) in [5.41, 5.74) is 1.11. The van der Waals surface area contributed by atoms with E-state index in [1.165, 1.54) is 0 Å². The van der Waals surface area contributed by atoms with Crippen molar-refractivity contribution in [3.63, 3.8) is 0 Å². The number of aromatic nitrogens is 1. The van der Waals surface area contributed by atoms with Crippen LogP contribution in [-0.4, -0.2) is 34.0 Å². The summed E-state index contributed by atoms with van der Waals surface area (Å²) in [6.07, 6.45) is 6.93. The molecule has 128 valence electrons. The summed E-state index contributed by atoms with van der Waals surface area (Å²) in [6, 6.07) is 12.1. The van der Waals surface area contributed by atoms with Gasteiger partial charge in [0.25, 0.3) is 0 Å². The number of likely N-dealkylation sites (tertiary alicyclic amines) is 1. The summed E-state index contributed by atoms with van der Waals surface area (Å²) >= 11 is 0. The summed E-state index contributed by atoms with van der Waals surface area (Å²) in [5, 5.41) is 11.6. The first-order valence-corrected chi connectivity index (χ1v) is 8.56. The first-order chi connectivity index (χ1) is 12.2. The highest BCUT2D eigenvalue weighted by atomic mass is 16.4. The third-order valence-corrected chi connectivity index (χ3v) is 4.96. The number of aliphatic carboxylic acids is 1. The van der Waals surface area contributed by atoms with E-state index in [0.717, 1.165) is 41.5 Å². The number of hydrogen-bond acceptors (Lipinski definition) is 4. The highest BCUT2D eigenvalue weighted by Crippen LogP contribution is 2.34. The minimum atomic E-state index is -0.715. The number of rotatable bonds is 4. The molecule has 0 aliphatic carbocycles. The fourth-order valence-electron chi connectivity index (χ4n) is 3.72. The van der Waals surface area contributed by atoms with Gasteiger partial charge in [-0.25, -0.2) is 0 Å². The standard InChI is InChI=1S/C20H20N2O3/c23-20(24)17-3-1-9-22(13-17)19(18-4-2-10-25-18)15-5-6-16-12-21-8-7-14(16)11-15/h2,4-8,10-12,17,19H,1,3,9,13H2,(H,23,24). The molecule has 0 saturated carbocycles. The molecule has 2 atom stereocenters. The Morgan fingerprint density at radius 3 is 3.00 bits per heavy atom. The van der Waals surface area contributed by atoms with E-state index in [1.54, 1.807) is 12.5 Å². The second kappa shape index (κ2) is 6.69. The number of furan rings is 1. The van der Waals surface area contributed by atoms with Crippen molar-refractivity contribution in [1.82, 2.24) is 9.88 Å². The topological polar surface area (TPSA) is 66.6 Å². The van der Waals surface area contributed by atoms with Crippen LogP contribution < -0.4 is 0 Å². The summed E-state index contributed by atoms with van der Waals surface area (Å²) in [7, 11) is 0. The number of carboxylic acid groups (broad SMARTS) is 1. The number of piperidine rings is 1. The summed E-state index contributed by atoms with van der Waals surface area (Å²) in [4.78, 5) is 17.9. The molecule has 0 spiro atoms. The van der Waals surface area contributed by atoms with E-state index in [0.29, 0.717) is 6.54 Å². The van der Waals surface area contributed by atoms with Crippen LogP contribution in [0.3, 0.4) is 0 Å². The van der Waals surface area contributed by atoms with Crippen molar-refractivity contribution in [1.29, 1.82) is 0 Å². The molecule has 5 heteroatoms. The lowest BCUT2D eigenvalue weighted by Gasteiger charge is -2.36. The maximum atomic E-state index is 11.5. The molecule has 1 saturated heterocycles. The number of carboxylic acids is 1. The lowest BCUT2D eigenvalue weighted by molar-refractivity contribution is -0.143. The quantitative estimate of drug-likeness (QED) is 0.786. The average molecular weight is 336 g/mol. The Kier molecular flexibility index (Phi) is 4.24. The predicted molar refractivity (Wildman–Crippen MR) is 94.2 cm³/mol. The summed E-state index contributed by atoms with van der Waals surface area (Å²) < 4.78 is 5.71. The molecule has 0 amide bonds. The molecule has 4 rings (SSSR count). The molecule has 25 heavy (non-hydrogen) atoms. The number of benzene rings is 1. The van der Waals surface area contributed by atoms with Crippen LogP contribution in [0.15, 0.2) is 59.5 Å². The number of fused-ring (bicyclic) bond motifs is 1. The van der Waals surface area contributed by atoms with Crippen LogP contribution in [0.1, 0.15) is 30.2 Å².